The summed E-state index contributed by atoms with van der Waals surface area (Å²) >= 11 is 1.37. The maximum Gasteiger partial charge on any atom is 0.261 e. The predicted molar refractivity (Wildman–Crippen MR) is 78.9 cm³/mol. The molecule has 0 radical (unpaired) electrons. The van der Waals surface area contributed by atoms with Crippen LogP contribution in [-0.2, 0) is 4.74 Å². The summed E-state index contributed by atoms with van der Waals surface area (Å²) in [5, 5.41) is 11.7. The van der Waals surface area contributed by atoms with Gasteiger partial charge in [0.1, 0.15) is 6.61 Å². The summed E-state index contributed by atoms with van der Waals surface area (Å²) in [4.78, 5) is 13.6. The van der Waals surface area contributed by atoms with E-state index in [1.54, 1.807) is 0 Å². The van der Waals surface area contributed by atoms with E-state index in [1.165, 1.54) is 11.3 Å². The van der Waals surface area contributed by atoms with E-state index in [0.717, 1.165) is 29.9 Å². The first-order valence-corrected chi connectivity index (χ1v) is 7.58. The largest absolute Gasteiger partial charge is 0.384 e. The number of aliphatic hydroxyl groups excluding tert-OH is 1. The van der Waals surface area contributed by atoms with Crippen molar-refractivity contribution in [1.29, 1.82) is 0 Å². The van der Waals surface area contributed by atoms with E-state index >= 15 is 0 Å². The molecule has 0 spiro atoms. The van der Waals surface area contributed by atoms with Gasteiger partial charge in [-0.1, -0.05) is 11.8 Å². The third-order valence-electron chi connectivity index (χ3n) is 3.25. The highest BCUT2D eigenvalue weighted by Crippen LogP contribution is 2.25. The Hall–Kier alpha value is -1.35. The van der Waals surface area contributed by atoms with Gasteiger partial charge in [0.15, 0.2) is 0 Å². The molecule has 0 unspecified atom stereocenters. The van der Waals surface area contributed by atoms with Crippen LogP contribution in [0.15, 0.2) is 6.07 Å². The maximum absolute atomic E-state index is 12.1. The molecule has 1 aromatic rings. The van der Waals surface area contributed by atoms with Crippen molar-refractivity contribution in [2.24, 2.45) is 0 Å². The lowest BCUT2D eigenvalue weighted by molar-refractivity contribution is -0.00858. The van der Waals surface area contributed by atoms with E-state index in [-0.39, 0.29) is 18.6 Å². The van der Waals surface area contributed by atoms with Crippen molar-refractivity contribution < 1.29 is 14.6 Å². The molecule has 0 aromatic carbocycles. The summed E-state index contributed by atoms with van der Waals surface area (Å²) in [7, 11) is 0. The van der Waals surface area contributed by atoms with Gasteiger partial charge >= 0.3 is 0 Å². The third kappa shape index (κ3) is 3.60. The molecular formula is C15H19NO3S. The lowest BCUT2D eigenvalue weighted by atomic mass is 9.89. The van der Waals surface area contributed by atoms with Crippen LogP contribution in [0.2, 0.25) is 0 Å². The Bertz CT molecular complexity index is 535. The molecule has 1 aromatic heterocycles. The number of thiophene rings is 1. The standard InChI is InChI=1S/C15H19NO3S/c1-3-19-12-8-11(9-12)16-15(18)14-7-10(2)13(20-14)5-4-6-17/h7,11-12,17H,3,6,8-9H2,1-2H3,(H,16,18). The molecule has 1 amide bonds. The second kappa shape index (κ2) is 6.89. The Morgan fingerprint density at radius 1 is 1.60 bits per heavy atom. The van der Waals surface area contributed by atoms with Crippen molar-refractivity contribution in [2.75, 3.05) is 13.2 Å². The van der Waals surface area contributed by atoms with E-state index in [9.17, 15) is 4.79 Å². The Morgan fingerprint density at radius 3 is 3.00 bits per heavy atom. The number of aliphatic hydroxyl groups is 1. The number of amides is 1. The average Bonchev–Trinajstić information content (AvgIpc) is 2.75. The monoisotopic (exact) mass is 293 g/mol. The summed E-state index contributed by atoms with van der Waals surface area (Å²) in [6, 6.07) is 2.06. The first-order chi connectivity index (χ1) is 9.63. The number of carbonyl (C=O) groups is 1. The van der Waals surface area contributed by atoms with Crippen LogP contribution in [0.3, 0.4) is 0 Å². The van der Waals surface area contributed by atoms with Gasteiger partial charge in [-0.2, -0.15) is 0 Å². The second-order valence-electron chi connectivity index (χ2n) is 4.80. The SMILES string of the molecule is CCOC1CC(NC(=O)c2cc(C)c(C#CCO)s2)C1. The summed E-state index contributed by atoms with van der Waals surface area (Å²) in [6.07, 6.45) is 2.07. The van der Waals surface area contributed by atoms with E-state index < -0.39 is 0 Å². The maximum atomic E-state index is 12.1. The molecule has 2 rings (SSSR count). The van der Waals surface area contributed by atoms with Gasteiger partial charge in [-0.15, -0.1) is 11.3 Å². The normalized spacial score (nSPS) is 20.8. The molecule has 5 heteroatoms. The zero-order chi connectivity index (χ0) is 14.5. The fraction of sp³-hybridized carbons (Fsp3) is 0.533. The molecule has 108 valence electrons. The molecule has 0 aliphatic heterocycles. The minimum absolute atomic E-state index is 0.0462. The number of hydrogen-bond acceptors (Lipinski definition) is 4. The fourth-order valence-electron chi connectivity index (χ4n) is 2.15. The predicted octanol–water partition coefficient (Wildman–Crippen LogP) is 1.70. The summed E-state index contributed by atoms with van der Waals surface area (Å²) in [5.74, 6) is 5.42. The van der Waals surface area contributed by atoms with Gasteiger partial charge in [0.25, 0.3) is 5.91 Å². The third-order valence-corrected chi connectivity index (χ3v) is 4.41. The Balaban J connectivity index is 1.90. The minimum Gasteiger partial charge on any atom is -0.384 e. The Morgan fingerprint density at radius 2 is 2.35 bits per heavy atom. The fourth-order valence-corrected chi connectivity index (χ4v) is 3.10. The van der Waals surface area contributed by atoms with E-state index in [1.807, 2.05) is 19.9 Å². The highest BCUT2D eigenvalue weighted by Gasteiger charge is 2.31. The van der Waals surface area contributed by atoms with Crippen LogP contribution in [0, 0.1) is 18.8 Å². The minimum atomic E-state index is -0.167. The van der Waals surface area contributed by atoms with Gasteiger partial charge in [-0.25, -0.2) is 0 Å². The molecule has 1 saturated carbocycles. The quantitative estimate of drug-likeness (QED) is 0.831. The van der Waals surface area contributed by atoms with Crippen molar-refractivity contribution in [1.82, 2.24) is 5.32 Å². The van der Waals surface area contributed by atoms with Crippen molar-refractivity contribution in [3.05, 3.63) is 21.4 Å². The molecule has 0 bridgehead atoms. The molecule has 1 heterocycles. The molecule has 1 aliphatic carbocycles. The number of nitrogens with one attached hydrogen (secondary N) is 1. The van der Waals surface area contributed by atoms with Gasteiger partial charge in [-0.05, 0) is 38.3 Å². The lowest BCUT2D eigenvalue weighted by Gasteiger charge is -2.35. The summed E-state index contributed by atoms with van der Waals surface area (Å²) in [6.45, 7) is 4.46. The van der Waals surface area contributed by atoms with E-state index in [0.29, 0.717) is 11.0 Å². The Labute approximate surface area is 123 Å². The molecule has 2 N–H and O–H groups in total. The highest BCUT2D eigenvalue weighted by atomic mass is 32.1. The molecule has 20 heavy (non-hydrogen) atoms. The van der Waals surface area contributed by atoms with Crippen LogP contribution in [-0.4, -0.2) is 36.4 Å². The zero-order valence-electron chi connectivity index (χ0n) is 11.7. The zero-order valence-corrected chi connectivity index (χ0v) is 12.5. The number of rotatable bonds is 4. The molecular weight excluding hydrogens is 274 g/mol. The first kappa shape index (κ1) is 15.0. The van der Waals surface area contributed by atoms with E-state index in [4.69, 9.17) is 9.84 Å². The van der Waals surface area contributed by atoms with E-state index in [2.05, 4.69) is 17.2 Å². The lowest BCUT2D eigenvalue weighted by Crippen LogP contribution is -2.47. The number of aryl methyl sites for hydroxylation is 1. The summed E-state index contributed by atoms with van der Waals surface area (Å²) in [5.41, 5.74) is 0.974. The van der Waals surface area contributed by atoms with Crippen LogP contribution < -0.4 is 5.32 Å². The smallest absolute Gasteiger partial charge is 0.261 e. The topological polar surface area (TPSA) is 58.6 Å². The van der Waals surface area contributed by atoms with Gasteiger partial charge in [0, 0.05) is 12.6 Å². The van der Waals surface area contributed by atoms with Crippen molar-refractivity contribution in [3.63, 3.8) is 0 Å². The molecule has 0 saturated heterocycles. The van der Waals surface area contributed by atoms with Crippen LogP contribution in [0.4, 0.5) is 0 Å². The highest BCUT2D eigenvalue weighted by molar-refractivity contribution is 7.14. The van der Waals surface area contributed by atoms with Crippen LogP contribution in [0.5, 0.6) is 0 Å². The molecule has 4 nitrogen and oxygen atoms in total. The van der Waals surface area contributed by atoms with Crippen molar-refractivity contribution in [3.8, 4) is 11.8 Å². The van der Waals surface area contributed by atoms with Crippen LogP contribution >= 0.6 is 11.3 Å². The number of hydrogen-bond donors (Lipinski definition) is 2. The number of ether oxygens (including phenoxy) is 1. The van der Waals surface area contributed by atoms with Crippen LogP contribution in [0.1, 0.15) is 39.9 Å². The van der Waals surface area contributed by atoms with Gasteiger partial charge in [-0.3, -0.25) is 4.79 Å². The van der Waals surface area contributed by atoms with Gasteiger partial charge in [0.2, 0.25) is 0 Å². The molecule has 0 atom stereocenters. The Kier molecular flexibility index (Phi) is 5.18. The first-order valence-electron chi connectivity index (χ1n) is 6.76. The second-order valence-corrected chi connectivity index (χ2v) is 5.85. The summed E-state index contributed by atoms with van der Waals surface area (Å²) < 4.78 is 5.47. The van der Waals surface area contributed by atoms with Gasteiger partial charge < -0.3 is 15.2 Å². The van der Waals surface area contributed by atoms with Crippen molar-refractivity contribution >= 4 is 17.2 Å². The average molecular weight is 293 g/mol. The van der Waals surface area contributed by atoms with Gasteiger partial charge in [0.05, 0.1) is 15.9 Å². The molecule has 1 aliphatic rings. The molecule has 1 fully saturated rings. The van der Waals surface area contributed by atoms with Crippen molar-refractivity contribution in [2.45, 2.75) is 38.8 Å². The number of carbonyl (C=O) groups excluding carboxylic acids is 1. The van der Waals surface area contributed by atoms with Crippen LogP contribution in [0.25, 0.3) is 0 Å².